The van der Waals surface area contributed by atoms with Crippen molar-refractivity contribution in [3.8, 4) is 0 Å². The van der Waals surface area contributed by atoms with Gasteiger partial charge in [0, 0.05) is 24.4 Å². The summed E-state index contributed by atoms with van der Waals surface area (Å²) in [6.07, 6.45) is -5.20. The number of aromatic nitrogens is 2. The molecule has 31 heavy (non-hydrogen) atoms. The zero-order valence-corrected chi connectivity index (χ0v) is 17.1. The first-order valence-corrected chi connectivity index (χ1v) is 11.0. The minimum Gasteiger partial charge on any atom is -0.355 e. The molecule has 0 aliphatic carbocycles. The number of nitrogens with two attached hydrogens (primary N) is 1. The molecule has 0 fully saturated rings. The number of thioether (sulfide) groups is 1. The molecule has 1 heterocycles. The van der Waals surface area contributed by atoms with Crippen LogP contribution < -0.4 is 15.8 Å². The van der Waals surface area contributed by atoms with Crippen LogP contribution in [0.5, 0.6) is 0 Å². The van der Waals surface area contributed by atoms with Crippen molar-refractivity contribution < 1.29 is 35.4 Å². The Kier molecular flexibility index (Phi) is 7.96. The average molecular weight is 484 g/mol. The van der Waals surface area contributed by atoms with Gasteiger partial charge >= 0.3 is 6.18 Å². The third-order valence-corrected chi connectivity index (χ3v) is 5.24. The van der Waals surface area contributed by atoms with Gasteiger partial charge in [0.15, 0.2) is 16.6 Å². The van der Waals surface area contributed by atoms with E-state index in [2.05, 4.69) is 25.6 Å². The van der Waals surface area contributed by atoms with E-state index in [1.54, 1.807) is 0 Å². The summed E-state index contributed by atoms with van der Waals surface area (Å²) in [5, 5.41) is 24.8. The largest absolute Gasteiger partial charge is 0.419 e. The van der Waals surface area contributed by atoms with E-state index in [9.17, 15) is 30.8 Å². The highest BCUT2D eigenvalue weighted by Crippen LogP contribution is 2.33. The number of sulfonamides is 1. The van der Waals surface area contributed by atoms with Gasteiger partial charge in [-0.05, 0) is 28.5 Å². The van der Waals surface area contributed by atoms with Crippen molar-refractivity contribution in [1.82, 2.24) is 15.6 Å². The fourth-order valence-corrected chi connectivity index (χ4v) is 3.34. The van der Waals surface area contributed by atoms with Crippen LogP contribution in [0.4, 0.5) is 23.2 Å². The summed E-state index contributed by atoms with van der Waals surface area (Å²) in [5.41, 5.74) is -1.79. The number of hydrogen-bond acceptors (Lipinski definition) is 8. The quantitative estimate of drug-likeness (QED) is 0.137. The van der Waals surface area contributed by atoms with E-state index in [-0.39, 0.29) is 35.1 Å². The maximum Gasteiger partial charge on any atom is 0.419 e. The number of primary sulfonamides is 1. The zero-order chi connectivity index (χ0) is 23.2. The van der Waals surface area contributed by atoms with E-state index in [0.29, 0.717) is 12.1 Å². The summed E-state index contributed by atoms with van der Waals surface area (Å²) in [5.74, 6) is -2.68. The molecule has 0 saturated heterocycles. The second-order valence-electron chi connectivity index (χ2n) is 5.93. The second kappa shape index (κ2) is 10.1. The van der Waals surface area contributed by atoms with E-state index in [1.165, 1.54) is 0 Å². The maximum absolute atomic E-state index is 13.4. The first-order valence-electron chi connectivity index (χ1n) is 8.32. The number of benzene rings is 1. The lowest BCUT2D eigenvalue weighted by Gasteiger charge is -2.11. The molecule has 0 unspecified atom stereocenters. The number of carbonyl (C=O) groups excluding carboxylic acids is 1. The maximum atomic E-state index is 13.4. The van der Waals surface area contributed by atoms with E-state index in [0.717, 1.165) is 17.8 Å². The van der Waals surface area contributed by atoms with Crippen LogP contribution in [-0.4, -0.2) is 48.5 Å². The number of amidine groups is 1. The summed E-state index contributed by atoms with van der Waals surface area (Å²) in [6, 6.07) is 2.16. The highest BCUT2D eigenvalue weighted by Gasteiger charge is 2.34. The number of rotatable bonds is 9. The van der Waals surface area contributed by atoms with Gasteiger partial charge in [-0.3, -0.25) is 10.2 Å². The molecule has 0 bridgehead atoms. The van der Waals surface area contributed by atoms with Crippen molar-refractivity contribution in [2.24, 2.45) is 5.14 Å². The summed E-state index contributed by atoms with van der Waals surface area (Å²) >= 11 is 1.02. The Hall–Kier alpha value is -2.72. The number of nitrogens with zero attached hydrogens (tertiary/aromatic N) is 2. The number of alkyl halides is 3. The SMILES string of the molecule is N=C(Nc1ccc(F)c(C(F)(F)F)c1)c1nonc1SCCNC(=O)CCS(N)(=O)=O. The molecule has 1 amide bonds. The summed E-state index contributed by atoms with van der Waals surface area (Å²) in [7, 11) is -3.75. The smallest absolute Gasteiger partial charge is 0.355 e. The average Bonchev–Trinajstić information content (AvgIpc) is 3.12. The third-order valence-electron chi connectivity index (χ3n) is 3.51. The fraction of sp³-hybridized carbons (Fsp3) is 0.333. The van der Waals surface area contributed by atoms with Crippen LogP contribution in [-0.2, 0) is 21.0 Å². The molecule has 0 spiro atoms. The van der Waals surface area contributed by atoms with Crippen molar-refractivity contribution in [3.05, 3.63) is 35.3 Å². The van der Waals surface area contributed by atoms with Crippen molar-refractivity contribution in [3.63, 3.8) is 0 Å². The molecule has 5 N–H and O–H groups in total. The molecule has 1 aromatic carbocycles. The molecule has 0 atom stereocenters. The predicted octanol–water partition coefficient (Wildman–Crippen LogP) is 1.55. The van der Waals surface area contributed by atoms with Crippen LogP contribution in [0.2, 0.25) is 0 Å². The topological polar surface area (TPSA) is 164 Å². The van der Waals surface area contributed by atoms with Gasteiger partial charge in [-0.15, -0.1) is 0 Å². The normalized spacial score (nSPS) is 11.9. The third kappa shape index (κ3) is 7.80. The van der Waals surface area contributed by atoms with Crippen molar-refractivity contribution >= 4 is 39.2 Å². The van der Waals surface area contributed by atoms with Gasteiger partial charge in [0.1, 0.15) is 5.82 Å². The lowest BCUT2D eigenvalue weighted by molar-refractivity contribution is -0.140. The lowest BCUT2D eigenvalue weighted by Crippen LogP contribution is -2.29. The molecular formula is C15H16F4N6O4S2. The molecule has 170 valence electrons. The number of carbonyl (C=O) groups is 1. The van der Waals surface area contributed by atoms with Gasteiger partial charge in [-0.1, -0.05) is 11.8 Å². The van der Waals surface area contributed by atoms with Gasteiger partial charge in [-0.25, -0.2) is 22.6 Å². The molecule has 2 aromatic rings. The Morgan fingerprint density at radius 2 is 2.00 bits per heavy atom. The standard InChI is InChI=1S/C15H16F4N6O4S2/c16-10-2-1-8(7-9(10)15(17,18)19)23-13(20)12-14(25-29-24-12)30-5-4-22-11(26)3-6-31(21,27)28/h1-2,7H,3-6H2,(H2,20,23)(H,22,26)(H2,21,27,28). The number of hydrogen-bond donors (Lipinski definition) is 4. The van der Waals surface area contributed by atoms with Gasteiger partial charge < -0.3 is 10.6 Å². The van der Waals surface area contributed by atoms with Gasteiger partial charge in [0.25, 0.3) is 0 Å². The first kappa shape index (κ1) is 24.5. The number of anilines is 1. The summed E-state index contributed by atoms with van der Waals surface area (Å²) < 4.78 is 78.0. The Bertz CT molecular complexity index is 1060. The van der Waals surface area contributed by atoms with Crippen LogP contribution in [0.3, 0.4) is 0 Å². The molecule has 0 aliphatic heterocycles. The lowest BCUT2D eigenvalue weighted by atomic mass is 10.1. The Labute approximate surface area is 177 Å². The van der Waals surface area contributed by atoms with E-state index in [4.69, 9.17) is 10.5 Å². The molecule has 0 radical (unpaired) electrons. The van der Waals surface area contributed by atoms with Crippen LogP contribution in [0, 0.1) is 11.2 Å². The number of amides is 1. The molecule has 16 heteroatoms. The van der Waals surface area contributed by atoms with Crippen LogP contribution in [0.1, 0.15) is 17.7 Å². The van der Waals surface area contributed by atoms with E-state index < -0.39 is 45.1 Å². The molecule has 0 saturated carbocycles. The van der Waals surface area contributed by atoms with Crippen LogP contribution in [0.25, 0.3) is 0 Å². The molecule has 10 nitrogen and oxygen atoms in total. The molecule has 0 aliphatic rings. The first-order chi connectivity index (χ1) is 14.4. The highest BCUT2D eigenvalue weighted by molar-refractivity contribution is 7.99. The molecule has 2 rings (SSSR count). The predicted molar refractivity (Wildman–Crippen MR) is 102 cm³/mol. The second-order valence-corrected chi connectivity index (χ2v) is 8.74. The Morgan fingerprint density at radius 1 is 1.29 bits per heavy atom. The van der Waals surface area contributed by atoms with Gasteiger partial charge in [0.05, 0.1) is 11.3 Å². The minimum absolute atomic E-state index is 0.108. The van der Waals surface area contributed by atoms with E-state index >= 15 is 0 Å². The number of halogens is 4. The Balaban J connectivity index is 1.92. The van der Waals surface area contributed by atoms with Crippen molar-refractivity contribution in [2.75, 3.05) is 23.4 Å². The fourth-order valence-electron chi connectivity index (χ4n) is 2.11. The van der Waals surface area contributed by atoms with Crippen LogP contribution in [0.15, 0.2) is 27.9 Å². The number of nitrogens with one attached hydrogen (secondary N) is 3. The van der Waals surface area contributed by atoms with Gasteiger partial charge in [0.2, 0.25) is 15.9 Å². The molecule has 1 aromatic heterocycles. The summed E-state index contributed by atoms with van der Waals surface area (Å²) in [4.78, 5) is 11.5. The Morgan fingerprint density at radius 3 is 2.65 bits per heavy atom. The highest BCUT2D eigenvalue weighted by atomic mass is 32.2. The monoisotopic (exact) mass is 484 g/mol. The van der Waals surface area contributed by atoms with E-state index in [1.807, 2.05) is 0 Å². The minimum atomic E-state index is -4.90. The molecular weight excluding hydrogens is 468 g/mol. The van der Waals surface area contributed by atoms with Crippen molar-refractivity contribution in [1.29, 1.82) is 5.41 Å². The summed E-state index contributed by atoms with van der Waals surface area (Å²) in [6.45, 7) is 0.119. The van der Waals surface area contributed by atoms with Gasteiger partial charge in [-0.2, -0.15) is 13.2 Å². The zero-order valence-electron chi connectivity index (χ0n) is 15.5. The van der Waals surface area contributed by atoms with Crippen LogP contribution >= 0.6 is 11.8 Å². The van der Waals surface area contributed by atoms with Crippen molar-refractivity contribution in [2.45, 2.75) is 17.6 Å².